The molecule has 0 spiro atoms. The fourth-order valence-corrected chi connectivity index (χ4v) is 5.05. The second kappa shape index (κ2) is 8.41. The van der Waals surface area contributed by atoms with Crippen LogP contribution in [-0.4, -0.2) is 19.9 Å². The van der Waals surface area contributed by atoms with E-state index in [0.29, 0.717) is 10.8 Å². The van der Waals surface area contributed by atoms with Crippen molar-refractivity contribution in [2.45, 2.75) is 22.3 Å². The Morgan fingerprint density at radius 1 is 0.966 bits per heavy atom. The third kappa shape index (κ3) is 4.70. The molecule has 0 aliphatic carbocycles. The van der Waals surface area contributed by atoms with Gasteiger partial charge in [-0.15, -0.1) is 0 Å². The molecule has 1 atom stereocenters. The first-order valence-electron chi connectivity index (χ1n) is 9.15. The van der Waals surface area contributed by atoms with E-state index in [-0.39, 0.29) is 16.7 Å². The van der Waals surface area contributed by atoms with E-state index in [9.17, 15) is 8.42 Å². The molecule has 4 rings (SSSR count). The number of sulfonamides is 1. The van der Waals surface area contributed by atoms with Gasteiger partial charge in [0.2, 0.25) is 10.0 Å². The number of thioether (sulfide) groups is 1. The molecule has 29 heavy (non-hydrogen) atoms. The van der Waals surface area contributed by atoms with Crippen molar-refractivity contribution in [1.82, 2.24) is 9.71 Å². The van der Waals surface area contributed by atoms with Crippen LogP contribution in [-0.2, 0) is 10.0 Å². The summed E-state index contributed by atoms with van der Waals surface area (Å²) in [4.78, 5) is 4.76. The molecule has 0 aliphatic rings. The van der Waals surface area contributed by atoms with Crippen LogP contribution in [0.4, 0.5) is 0 Å². The lowest BCUT2D eigenvalue weighted by Crippen LogP contribution is -2.27. The van der Waals surface area contributed by atoms with Crippen molar-refractivity contribution in [3.63, 3.8) is 0 Å². The standard InChI is InChI=1S/C22H20N2O3S2/c1-16-11-13-18(14-12-16)29(25,26)23-15-21(17-7-3-2-4-8-17)28-22-24-19-9-5-6-10-20(19)27-22/h2-14,21,23H,15H2,1H3/t21-/m0/s1. The Bertz CT molecular complexity index is 1170. The molecular formula is C22H20N2O3S2. The van der Waals surface area contributed by atoms with E-state index in [4.69, 9.17) is 4.42 Å². The number of rotatable bonds is 7. The van der Waals surface area contributed by atoms with Gasteiger partial charge >= 0.3 is 0 Å². The fraction of sp³-hybridized carbons (Fsp3) is 0.136. The molecule has 0 unspecified atom stereocenters. The van der Waals surface area contributed by atoms with Crippen LogP contribution in [0.3, 0.4) is 0 Å². The summed E-state index contributed by atoms with van der Waals surface area (Å²) >= 11 is 1.40. The summed E-state index contributed by atoms with van der Waals surface area (Å²) in [5.74, 6) is 0. The lowest BCUT2D eigenvalue weighted by molar-refractivity contribution is 0.488. The lowest BCUT2D eigenvalue weighted by Gasteiger charge is -2.16. The molecular weight excluding hydrogens is 404 g/mol. The van der Waals surface area contributed by atoms with Crippen molar-refractivity contribution in [3.05, 3.63) is 90.0 Å². The number of benzene rings is 3. The molecule has 148 valence electrons. The molecule has 1 aromatic heterocycles. The maximum Gasteiger partial charge on any atom is 0.257 e. The van der Waals surface area contributed by atoms with Crippen molar-refractivity contribution in [2.75, 3.05) is 6.54 Å². The van der Waals surface area contributed by atoms with Gasteiger partial charge in [-0.25, -0.2) is 18.1 Å². The molecule has 1 heterocycles. The molecule has 7 heteroatoms. The number of hydrogen-bond acceptors (Lipinski definition) is 5. The third-order valence-electron chi connectivity index (χ3n) is 4.48. The number of aryl methyl sites for hydroxylation is 1. The summed E-state index contributed by atoms with van der Waals surface area (Å²) in [6, 6.07) is 24.1. The molecule has 0 saturated heterocycles. The molecule has 0 radical (unpaired) electrons. The van der Waals surface area contributed by atoms with Gasteiger partial charge in [0.15, 0.2) is 5.58 Å². The van der Waals surface area contributed by atoms with Gasteiger partial charge in [-0.3, -0.25) is 0 Å². The average Bonchev–Trinajstić information content (AvgIpc) is 3.14. The van der Waals surface area contributed by atoms with Gasteiger partial charge in [0.25, 0.3) is 5.22 Å². The monoisotopic (exact) mass is 424 g/mol. The first-order chi connectivity index (χ1) is 14.0. The number of nitrogens with one attached hydrogen (secondary N) is 1. The Hall–Kier alpha value is -2.61. The first-order valence-corrected chi connectivity index (χ1v) is 11.5. The summed E-state index contributed by atoms with van der Waals surface area (Å²) in [7, 11) is -3.61. The normalized spacial score (nSPS) is 12.9. The Morgan fingerprint density at radius 3 is 2.38 bits per heavy atom. The van der Waals surface area contributed by atoms with Gasteiger partial charge in [0, 0.05) is 6.54 Å². The number of para-hydroxylation sites is 2. The van der Waals surface area contributed by atoms with Crippen molar-refractivity contribution in [1.29, 1.82) is 0 Å². The summed E-state index contributed by atoms with van der Waals surface area (Å²) < 4.78 is 34.0. The summed E-state index contributed by atoms with van der Waals surface area (Å²) in [6.45, 7) is 2.13. The van der Waals surface area contributed by atoms with E-state index in [2.05, 4.69) is 9.71 Å². The second-order valence-electron chi connectivity index (χ2n) is 6.63. The average molecular weight is 425 g/mol. The lowest BCUT2D eigenvalue weighted by atomic mass is 10.1. The van der Waals surface area contributed by atoms with Crippen LogP contribution in [0, 0.1) is 6.92 Å². The van der Waals surface area contributed by atoms with Crippen LogP contribution in [0.5, 0.6) is 0 Å². The highest BCUT2D eigenvalue weighted by Gasteiger charge is 2.21. The van der Waals surface area contributed by atoms with E-state index >= 15 is 0 Å². The van der Waals surface area contributed by atoms with Crippen LogP contribution in [0.2, 0.25) is 0 Å². The highest BCUT2D eigenvalue weighted by Crippen LogP contribution is 2.36. The van der Waals surface area contributed by atoms with Gasteiger partial charge in [0.05, 0.1) is 10.1 Å². The smallest absolute Gasteiger partial charge is 0.257 e. The third-order valence-corrected chi connectivity index (χ3v) is 7.02. The SMILES string of the molecule is Cc1ccc(S(=O)(=O)NC[C@H](Sc2nc3ccccc3o2)c2ccccc2)cc1. The second-order valence-corrected chi connectivity index (χ2v) is 9.55. The largest absolute Gasteiger partial charge is 0.431 e. The van der Waals surface area contributed by atoms with E-state index in [1.807, 2.05) is 61.5 Å². The topological polar surface area (TPSA) is 72.2 Å². The molecule has 4 aromatic rings. The first kappa shape index (κ1) is 19.7. The van der Waals surface area contributed by atoms with Crippen LogP contribution >= 0.6 is 11.8 Å². The van der Waals surface area contributed by atoms with E-state index in [1.165, 1.54) is 11.8 Å². The molecule has 0 saturated carbocycles. The molecule has 0 fully saturated rings. The highest BCUT2D eigenvalue weighted by molar-refractivity contribution is 7.99. The van der Waals surface area contributed by atoms with Gasteiger partial charge in [-0.1, -0.05) is 71.9 Å². The van der Waals surface area contributed by atoms with Crippen molar-refractivity contribution >= 4 is 32.9 Å². The quantitative estimate of drug-likeness (QED) is 0.425. The summed E-state index contributed by atoms with van der Waals surface area (Å²) in [5.41, 5.74) is 3.49. The number of oxazole rings is 1. The Morgan fingerprint density at radius 2 is 1.66 bits per heavy atom. The van der Waals surface area contributed by atoms with Crippen molar-refractivity contribution in [3.8, 4) is 0 Å². The maximum atomic E-state index is 12.7. The van der Waals surface area contributed by atoms with Crippen LogP contribution in [0.25, 0.3) is 11.1 Å². The van der Waals surface area contributed by atoms with Gasteiger partial charge in [0.1, 0.15) is 5.52 Å². The van der Waals surface area contributed by atoms with Gasteiger partial charge in [-0.05, 0) is 36.8 Å². The molecule has 0 amide bonds. The van der Waals surface area contributed by atoms with E-state index in [1.54, 1.807) is 24.3 Å². The zero-order valence-corrected chi connectivity index (χ0v) is 17.4. The van der Waals surface area contributed by atoms with Gasteiger partial charge < -0.3 is 4.42 Å². The van der Waals surface area contributed by atoms with E-state index in [0.717, 1.165) is 16.6 Å². The highest BCUT2D eigenvalue weighted by atomic mass is 32.2. The minimum Gasteiger partial charge on any atom is -0.431 e. The van der Waals surface area contributed by atoms with Crippen molar-refractivity contribution < 1.29 is 12.8 Å². The maximum absolute atomic E-state index is 12.7. The predicted octanol–water partition coefficient (Wildman–Crippen LogP) is 4.95. The Balaban J connectivity index is 1.57. The number of aromatic nitrogens is 1. The number of nitrogens with zero attached hydrogens (tertiary/aromatic N) is 1. The fourth-order valence-electron chi connectivity index (χ4n) is 2.90. The zero-order chi connectivity index (χ0) is 20.3. The van der Waals surface area contributed by atoms with E-state index < -0.39 is 10.0 Å². The minimum atomic E-state index is -3.61. The minimum absolute atomic E-state index is 0.190. The van der Waals surface area contributed by atoms with Gasteiger partial charge in [-0.2, -0.15) is 0 Å². The zero-order valence-electron chi connectivity index (χ0n) is 15.8. The number of fused-ring (bicyclic) bond motifs is 1. The molecule has 1 N–H and O–H groups in total. The van der Waals surface area contributed by atoms with Crippen LogP contribution in [0.1, 0.15) is 16.4 Å². The van der Waals surface area contributed by atoms with Crippen LogP contribution in [0.15, 0.2) is 93.4 Å². The summed E-state index contributed by atoms with van der Waals surface area (Å²) in [5, 5.41) is 0.319. The molecule has 0 bridgehead atoms. The molecule has 3 aromatic carbocycles. The molecule has 5 nitrogen and oxygen atoms in total. The van der Waals surface area contributed by atoms with Crippen molar-refractivity contribution in [2.24, 2.45) is 0 Å². The molecule has 0 aliphatic heterocycles. The predicted molar refractivity (Wildman–Crippen MR) is 115 cm³/mol. The van der Waals surface area contributed by atoms with Crippen LogP contribution < -0.4 is 4.72 Å². The Kier molecular flexibility index (Phi) is 5.71. The number of hydrogen-bond donors (Lipinski definition) is 1. The summed E-state index contributed by atoms with van der Waals surface area (Å²) in [6.07, 6.45) is 0. The Labute approximate surface area is 174 Å².